The fourth-order valence-corrected chi connectivity index (χ4v) is 2.70. The fraction of sp³-hybridized carbons (Fsp3) is 0.917. The lowest BCUT2D eigenvalue weighted by molar-refractivity contribution is -0.157. The Kier molecular flexibility index (Phi) is 4.24. The Morgan fingerprint density at radius 2 is 2.00 bits per heavy atom. The molecule has 0 unspecified atom stereocenters. The third-order valence-corrected chi connectivity index (χ3v) is 3.30. The monoisotopic (exact) mass is 247 g/mol. The van der Waals surface area contributed by atoms with Crippen LogP contribution in [0.1, 0.15) is 46.5 Å². The fourth-order valence-electron chi connectivity index (χ4n) is 2.70. The number of ether oxygens (including phenoxy) is 1. The highest BCUT2D eigenvalue weighted by Gasteiger charge is 2.41. The van der Waals surface area contributed by atoms with Crippen LogP contribution in [-0.2, 0) is 9.53 Å². The largest absolute Gasteiger partial charge is 0.459 e. The van der Waals surface area contributed by atoms with Crippen molar-refractivity contribution in [3.63, 3.8) is 0 Å². The van der Waals surface area contributed by atoms with Crippen LogP contribution in [0.4, 0.5) is 0 Å². The molecule has 1 heterocycles. The minimum Gasteiger partial charge on any atom is -0.459 e. The molecule has 1 saturated carbocycles. The number of rotatable bonds is 1. The molecule has 2 fully saturated rings. The van der Waals surface area contributed by atoms with Gasteiger partial charge in [0, 0.05) is 6.04 Å². The molecule has 0 aromatic heterocycles. The lowest BCUT2D eigenvalue weighted by atomic mass is 10.0. The van der Waals surface area contributed by atoms with Gasteiger partial charge < -0.3 is 10.1 Å². The minimum atomic E-state index is -0.365. The molecule has 3 atom stereocenters. The first-order valence-corrected chi connectivity index (χ1v) is 5.94. The summed E-state index contributed by atoms with van der Waals surface area (Å²) in [6, 6.07) is 0.516. The zero-order valence-electron chi connectivity index (χ0n) is 10.3. The second-order valence-corrected chi connectivity index (χ2v) is 5.79. The van der Waals surface area contributed by atoms with Crippen LogP contribution in [0.2, 0.25) is 0 Å². The summed E-state index contributed by atoms with van der Waals surface area (Å²) < 4.78 is 5.39. The van der Waals surface area contributed by atoms with Gasteiger partial charge in [0.2, 0.25) is 0 Å². The van der Waals surface area contributed by atoms with E-state index in [1.807, 2.05) is 20.8 Å². The van der Waals surface area contributed by atoms with Gasteiger partial charge in [0.1, 0.15) is 11.6 Å². The van der Waals surface area contributed by atoms with Crippen LogP contribution in [0.25, 0.3) is 0 Å². The maximum absolute atomic E-state index is 11.8. The van der Waals surface area contributed by atoms with E-state index in [1.165, 1.54) is 19.3 Å². The first-order valence-electron chi connectivity index (χ1n) is 5.94. The molecule has 0 amide bonds. The third-order valence-electron chi connectivity index (χ3n) is 3.30. The summed E-state index contributed by atoms with van der Waals surface area (Å²) in [7, 11) is 0. The Bertz CT molecular complexity index is 250. The number of carbonyl (C=O) groups is 1. The molecule has 0 aromatic carbocycles. The lowest BCUT2D eigenvalue weighted by Gasteiger charge is -2.22. The van der Waals surface area contributed by atoms with Crippen molar-refractivity contribution in [1.82, 2.24) is 5.32 Å². The normalized spacial score (nSPS) is 33.1. The first kappa shape index (κ1) is 13.8. The number of hydrogen-bond acceptors (Lipinski definition) is 3. The standard InChI is InChI=1S/C12H21NO2.ClH/c1-12(2,3)15-11(14)10-7-8-5-4-6-9(8)13-10;/h8-10,13H,4-7H2,1-3H3;1H/t8-,9-,10+;/m0./s1. The van der Waals surface area contributed by atoms with Gasteiger partial charge in [-0.25, -0.2) is 0 Å². The van der Waals surface area contributed by atoms with Crippen molar-refractivity contribution in [2.24, 2.45) is 5.92 Å². The van der Waals surface area contributed by atoms with Crippen LogP contribution in [0.5, 0.6) is 0 Å². The number of hydrogen-bond donors (Lipinski definition) is 1. The summed E-state index contributed by atoms with van der Waals surface area (Å²) in [5, 5.41) is 3.40. The number of fused-ring (bicyclic) bond motifs is 1. The summed E-state index contributed by atoms with van der Waals surface area (Å²) in [5.41, 5.74) is -0.365. The summed E-state index contributed by atoms with van der Waals surface area (Å²) in [4.78, 5) is 11.8. The molecule has 0 spiro atoms. The van der Waals surface area contributed by atoms with E-state index in [0.29, 0.717) is 12.0 Å². The Morgan fingerprint density at radius 1 is 1.31 bits per heavy atom. The maximum atomic E-state index is 11.8. The summed E-state index contributed by atoms with van der Waals surface area (Å²) in [5.74, 6) is 0.638. The summed E-state index contributed by atoms with van der Waals surface area (Å²) in [6.07, 6.45) is 4.78. The first-order chi connectivity index (χ1) is 6.96. The van der Waals surface area contributed by atoms with Crippen molar-refractivity contribution in [3.05, 3.63) is 0 Å². The van der Waals surface area contributed by atoms with Crippen LogP contribution in [0.15, 0.2) is 0 Å². The number of carbonyl (C=O) groups excluding carboxylic acids is 1. The van der Waals surface area contributed by atoms with E-state index >= 15 is 0 Å². The Labute approximate surface area is 104 Å². The minimum absolute atomic E-state index is 0. The van der Waals surface area contributed by atoms with Gasteiger partial charge in [-0.15, -0.1) is 12.4 Å². The molecule has 94 valence electrons. The van der Waals surface area contributed by atoms with Gasteiger partial charge in [-0.3, -0.25) is 4.79 Å². The zero-order valence-corrected chi connectivity index (χ0v) is 11.1. The van der Waals surface area contributed by atoms with Crippen molar-refractivity contribution < 1.29 is 9.53 Å². The molecule has 1 saturated heterocycles. The molecule has 0 aromatic rings. The van der Waals surface area contributed by atoms with Gasteiger partial charge in [-0.1, -0.05) is 6.42 Å². The van der Waals surface area contributed by atoms with Crippen LogP contribution in [0, 0.1) is 5.92 Å². The summed E-state index contributed by atoms with van der Waals surface area (Å²) >= 11 is 0. The molecule has 2 aliphatic rings. The van der Waals surface area contributed by atoms with Crippen molar-refractivity contribution in [1.29, 1.82) is 0 Å². The van der Waals surface area contributed by atoms with E-state index < -0.39 is 0 Å². The van der Waals surface area contributed by atoms with E-state index in [-0.39, 0.29) is 30.0 Å². The number of esters is 1. The number of nitrogens with one attached hydrogen (secondary N) is 1. The maximum Gasteiger partial charge on any atom is 0.323 e. The van der Waals surface area contributed by atoms with E-state index in [4.69, 9.17) is 4.74 Å². The highest BCUT2D eigenvalue weighted by Crippen LogP contribution is 2.35. The molecule has 4 heteroatoms. The quantitative estimate of drug-likeness (QED) is 0.723. The Morgan fingerprint density at radius 3 is 2.56 bits per heavy atom. The van der Waals surface area contributed by atoms with Crippen molar-refractivity contribution in [2.45, 2.75) is 64.1 Å². The van der Waals surface area contributed by atoms with Crippen LogP contribution >= 0.6 is 12.4 Å². The second kappa shape index (κ2) is 4.92. The molecule has 1 aliphatic heterocycles. The van der Waals surface area contributed by atoms with Crippen LogP contribution in [0.3, 0.4) is 0 Å². The van der Waals surface area contributed by atoms with Crippen LogP contribution in [-0.4, -0.2) is 23.7 Å². The van der Waals surface area contributed by atoms with E-state index in [1.54, 1.807) is 0 Å². The molecular formula is C12H22ClNO2. The molecule has 16 heavy (non-hydrogen) atoms. The Hall–Kier alpha value is -0.280. The molecule has 0 radical (unpaired) electrons. The van der Waals surface area contributed by atoms with E-state index in [2.05, 4.69) is 5.32 Å². The van der Waals surface area contributed by atoms with Crippen molar-refractivity contribution in [2.75, 3.05) is 0 Å². The van der Waals surface area contributed by atoms with Gasteiger partial charge >= 0.3 is 5.97 Å². The predicted molar refractivity (Wildman–Crippen MR) is 65.8 cm³/mol. The summed E-state index contributed by atoms with van der Waals surface area (Å²) in [6.45, 7) is 5.75. The van der Waals surface area contributed by atoms with Gasteiger partial charge in [-0.2, -0.15) is 0 Å². The highest BCUT2D eigenvalue weighted by atomic mass is 35.5. The average Bonchev–Trinajstić information content (AvgIpc) is 2.56. The van der Waals surface area contributed by atoms with Crippen molar-refractivity contribution in [3.8, 4) is 0 Å². The van der Waals surface area contributed by atoms with Crippen LogP contribution < -0.4 is 5.32 Å². The highest BCUT2D eigenvalue weighted by molar-refractivity contribution is 5.85. The topological polar surface area (TPSA) is 38.3 Å². The van der Waals surface area contributed by atoms with Gasteiger partial charge in [0.25, 0.3) is 0 Å². The lowest BCUT2D eigenvalue weighted by Crippen LogP contribution is -2.39. The molecule has 1 aliphatic carbocycles. The number of halogens is 1. The molecule has 1 N–H and O–H groups in total. The third kappa shape index (κ3) is 3.11. The molecule has 2 rings (SSSR count). The van der Waals surface area contributed by atoms with Gasteiger partial charge in [-0.05, 0) is 46.0 Å². The molecule has 0 bridgehead atoms. The second-order valence-electron chi connectivity index (χ2n) is 5.79. The molecular weight excluding hydrogens is 226 g/mol. The smallest absolute Gasteiger partial charge is 0.323 e. The van der Waals surface area contributed by atoms with Gasteiger partial charge in [0.15, 0.2) is 0 Å². The zero-order chi connectivity index (χ0) is 11.1. The predicted octanol–water partition coefficient (Wildman–Crippen LogP) is 2.28. The van der Waals surface area contributed by atoms with E-state index in [9.17, 15) is 4.79 Å². The van der Waals surface area contributed by atoms with E-state index in [0.717, 1.165) is 6.42 Å². The molecule has 3 nitrogen and oxygen atoms in total. The Balaban J connectivity index is 0.00000128. The SMILES string of the molecule is CC(C)(C)OC(=O)[C@H]1C[C@@H]2CCC[C@@H]2N1.Cl. The van der Waals surface area contributed by atoms with Crippen molar-refractivity contribution >= 4 is 18.4 Å². The van der Waals surface area contributed by atoms with Gasteiger partial charge in [0.05, 0.1) is 0 Å². The average molecular weight is 248 g/mol.